The second-order valence-corrected chi connectivity index (χ2v) is 3.06. The lowest BCUT2D eigenvalue weighted by atomic mass is 9.97. The molecule has 1 aromatic carbocycles. The van der Waals surface area contributed by atoms with E-state index in [1.807, 2.05) is 25.1 Å². The first-order valence-electron chi connectivity index (χ1n) is 4.52. The third kappa shape index (κ3) is 1.95. The summed E-state index contributed by atoms with van der Waals surface area (Å²) in [5.41, 5.74) is 8.57. The molecule has 0 saturated carbocycles. The minimum absolute atomic E-state index is 0.118. The zero-order valence-electron chi connectivity index (χ0n) is 8.13. The van der Waals surface area contributed by atoms with Gasteiger partial charge in [-0.2, -0.15) is 0 Å². The number of rotatable bonds is 3. The molecule has 13 heavy (non-hydrogen) atoms. The largest absolute Gasteiger partial charge is 0.326 e. The Morgan fingerprint density at radius 1 is 1.46 bits per heavy atom. The van der Waals surface area contributed by atoms with Crippen LogP contribution in [0.25, 0.3) is 0 Å². The summed E-state index contributed by atoms with van der Waals surface area (Å²) in [5.74, 6) is 0.118. The third-order valence-electron chi connectivity index (χ3n) is 2.23. The summed E-state index contributed by atoms with van der Waals surface area (Å²) in [6, 6.07) is 5.73. The van der Waals surface area contributed by atoms with Gasteiger partial charge >= 0.3 is 0 Å². The van der Waals surface area contributed by atoms with Gasteiger partial charge in [-0.1, -0.05) is 25.1 Å². The van der Waals surface area contributed by atoms with Crippen LogP contribution in [0, 0.1) is 0 Å². The smallest absolute Gasteiger partial charge is 0.160 e. The van der Waals surface area contributed by atoms with Crippen LogP contribution < -0.4 is 5.73 Å². The van der Waals surface area contributed by atoms with Crippen LogP contribution in [0.5, 0.6) is 0 Å². The molecule has 0 amide bonds. The first-order chi connectivity index (χ1) is 6.20. The van der Waals surface area contributed by atoms with Crippen LogP contribution in [0.15, 0.2) is 18.2 Å². The first-order valence-corrected chi connectivity index (χ1v) is 4.52. The average molecular weight is 177 g/mol. The van der Waals surface area contributed by atoms with Crippen molar-refractivity contribution in [2.24, 2.45) is 5.73 Å². The van der Waals surface area contributed by atoms with Crippen molar-refractivity contribution in [3.8, 4) is 0 Å². The van der Waals surface area contributed by atoms with Gasteiger partial charge in [0.05, 0.1) is 0 Å². The first kappa shape index (κ1) is 9.93. The molecule has 2 nitrogen and oxygen atoms in total. The van der Waals surface area contributed by atoms with Crippen LogP contribution in [-0.4, -0.2) is 5.78 Å². The van der Waals surface area contributed by atoms with Gasteiger partial charge < -0.3 is 5.73 Å². The maximum absolute atomic E-state index is 11.3. The summed E-state index contributed by atoms with van der Waals surface area (Å²) in [7, 11) is 0. The summed E-state index contributed by atoms with van der Waals surface area (Å²) in [4.78, 5) is 11.3. The average Bonchev–Trinajstić information content (AvgIpc) is 2.16. The molecule has 0 fully saturated rings. The van der Waals surface area contributed by atoms with Gasteiger partial charge in [0.2, 0.25) is 0 Å². The van der Waals surface area contributed by atoms with E-state index in [-0.39, 0.29) is 5.78 Å². The lowest BCUT2D eigenvalue weighted by Crippen LogP contribution is -2.06. The summed E-state index contributed by atoms with van der Waals surface area (Å²) in [6.07, 6.45) is 0.863. The molecule has 70 valence electrons. The van der Waals surface area contributed by atoms with Gasteiger partial charge in [0.25, 0.3) is 0 Å². The number of ketones is 1. The van der Waals surface area contributed by atoms with E-state index < -0.39 is 0 Å². The molecule has 0 atom stereocenters. The van der Waals surface area contributed by atoms with Crippen LogP contribution in [0.2, 0.25) is 0 Å². The zero-order chi connectivity index (χ0) is 9.84. The maximum atomic E-state index is 11.3. The molecule has 0 aliphatic carbocycles. The molecule has 2 heteroatoms. The molecular weight excluding hydrogens is 162 g/mol. The second-order valence-electron chi connectivity index (χ2n) is 3.06. The predicted molar refractivity (Wildman–Crippen MR) is 53.7 cm³/mol. The molecule has 0 unspecified atom stereocenters. The normalized spacial score (nSPS) is 10.1. The van der Waals surface area contributed by atoms with Gasteiger partial charge in [0.1, 0.15) is 0 Å². The van der Waals surface area contributed by atoms with E-state index in [4.69, 9.17) is 5.73 Å². The van der Waals surface area contributed by atoms with E-state index in [0.717, 1.165) is 23.1 Å². The lowest BCUT2D eigenvalue weighted by Gasteiger charge is -2.09. The summed E-state index contributed by atoms with van der Waals surface area (Å²) in [6.45, 7) is 4.14. The third-order valence-corrected chi connectivity index (χ3v) is 2.23. The number of hydrogen-bond acceptors (Lipinski definition) is 2. The highest BCUT2D eigenvalue weighted by Crippen LogP contribution is 2.15. The van der Waals surface area contributed by atoms with Crippen LogP contribution in [0.3, 0.4) is 0 Å². The van der Waals surface area contributed by atoms with E-state index in [1.54, 1.807) is 6.92 Å². The van der Waals surface area contributed by atoms with Crippen molar-refractivity contribution in [2.75, 3.05) is 0 Å². The Labute approximate surface area is 78.8 Å². The minimum Gasteiger partial charge on any atom is -0.326 e. The molecule has 0 aliphatic heterocycles. The Morgan fingerprint density at radius 3 is 2.62 bits per heavy atom. The van der Waals surface area contributed by atoms with Crippen molar-refractivity contribution in [2.45, 2.75) is 26.8 Å². The number of carbonyl (C=O) groups is 1. The number of benzene rings is 1. The number of carbonyl (C=O) groups excluding carboxylic acids is 1. The van der Waals surface area contributed by atoms with Crippen LogP contribution in [0.1, 0.15) is 35.3 Å². The molecule has 0 bridgehead atoms. The van der Waals surface area contributed by atoms with Crippen molar-refractivity contribution in [3.05, 3.63) is 34.9 Å². The van der Waals surface area contributed by atoms with E-state index in [0.29, 0.717) is 6.54 Å². The second kappa shape index (κ2) is 4.19. The molecule has 1 aromatic rings. The number of nitrogens with two attached hydrogens (primary N) is 1. The Balaban J connectivity index is 3.27. The minimum atomic E-state index is 0.118. The van der Waals surface area contributed by atoms with Gasteiger partial charge in [0.15, 0.2) is 5.78 Å². The van der Waals surface area contributed by atoms with E-state index in [1.165, 1.54) is 0 Å². The Bertz CT molecular complexity index is 318. The monoisotopic (exact) mass is 177 g/mol. The molecule has 0 heterocycles. The predicted octanol–water partition coefficient (Wildman–Crippen LogP) is 1.91. The topological polar surface area (TPSA) is 43.1 Å². The van der Waals surface area contributed by atoms with Crippen molar-refractivity contribution in [1.29, 1.82) is 0 Å². The summed E-state index contributed by atoms with van der Waals surface area (Å²) < 4.78 is 0. The fraction of sp³-hybridized carbons (Fsp3) is 0.364. The Morgan fingerprint density at radius 2 is 2.15 bits per heavy atom. The fourth-order valence-electron chi connectivity index (χ4n) is 1.57. The van der Waals surface area contributed by atoms with Gasteiger partial charge in [-0.15, -0.1) is 0 Å². The van der Waals surface area contributed by atoms with Crippen LogP contribution in [-0.2, 0) is 13.0 Å². The number of hydrogen-bond donors (Lipinski definition) is 1. The zero-order valence-corrected chi connectivity index (χ0v) is 8.13. The highest BCUT2D eigenvalue weighted by molar-refractivity contribution is 5.95. The molecular formula is C11H15NO. The highest BCUT2D eigenvalue weighted by Gasteiger charge is 2.08. The Kier molecular flexibility index (Phi) is 3.20. The van der Waals surface area contributed by atoms with Crippen LogP contribution in [0.4, 0.5) is 0 Å². The van der Waals surface area contributed by atoms with E-state index in [9.17, 15) is 4.79 Å². The number of Topliss-reactive ketones (excluding diaryl/α,β-unsaturated/α-hetero) is 1. The van der Waals surface area contributed by atoms with Gasteiger partial charge in [-0.05, 0) is 24.5 Å². The molecule has 1 rings (SSSR count). The molecule has 0 spiro atoms. The van der Waals surface area contributed by atoms with Gasteiger partial charge in [-0.25, -0.2) is 0 Å². The van der Waals surface area contributed by atoms with Crippen molar-refractivity contribution < 1.29 is 4.79 Å². The summed E-state index contributed by atoms with van der Waals surface area (Å²) in [5, 5.41) is 0. The van der Waals surface area contributed by atoms with E-state index >= 15 is 0 Å². The molecule has 0 aliphatic rings. The van der Waals surface area contributed by atoms with E-state index in [2.05, 4.69) is 0 Å². The lowest BCUT2D eigenvalue weighted by molar-refractivity contribution is 0.101. The van der Waals surface area contributed by atoms with Crippen molar-refractivity contribution in [3.63, 3.8) is 0 Å². The molecule has 0 radical (unpaired) electrons. The quantitative estimate of drug-likeness (QED) is 0.717. The van der Waals surface area contributed by atoms with Crippen molar-refractivity contribution in [1.82, 2.24) is 0 Å². The highest BCUT2D eigenvalue weighted by atomic mass is 16.1. The standard InChI is InChI=1S/C11H15NO/c1-3-10-9(7-12)5-4-6-11(10)8(2)13/h4-6H,3,7,12H2,1-2H3. The fourth-order valence-corrected chi connectivity index (χ4v) is 1.57. The van der Waals surface area contributed by atoms with Gasteiger partial charge in [0, 0.05) is 12.1 Å². The molecule has 0 saturated heterocycles. The van der Waals surface area contributed by atoms with Crippen LogP contribution >= 0.6 is 0 Å². The molecule has 0 aromatic heterocycles. The SMILES string of the molecule is CCc1c(CN)cccc1C(C)=O. The Hall–Kier alpha value is -1.15. The van der Waals surface area contributed by atoms with Crippen molar-refractivity contribution >= 4 is 5.78 Å². The summed E-state index contributed by atoms with van der Waals surface area (Å²) >= 11 is 0. The molecule has 2 N–H and O–H groups in total. The maximum Gasteiger partial charge on any atom is 0.160 e. The van der Waals surface area contributed by atoms with Gasteiger partial charge in [-0.3, -0.25) is 4.79 Å².